The monoisotopic (exact) mass is 220 g/mol. The lowest BCUT2D eigenvalue weighted by molar-refractivity contribution is 0.215. The zero-order chi connectivity index (χ0) is 12.0. The molecule has 0 aromatic heterocycles. The van der Waals surface area contributed by atoms with E-state index in [1.807, 2.05) is 7.05 Å². The molecule has 16 heavy (non-hydrogen) atoms. The summed E-state index contributed by atoms with van der Waals surface area (Å²) in [6.07, 6.45) is 0. The van der Waals surface area contributed by atoms with Gasteiger partial charge in [0, 0.05) is 12.6 Å². The van der Waals surface area contributed by atoms with E-state index in [1.165, 1.54) is 11.1 Å². The summed E-state index contributed by atoms with van der Waals surface area (Å²) < 4.78 is 0. The zero-order valence-corrected chi connectivity index (χ0v) is 11.0. The fraction of sp³-hybridized carbons (Fsp3) is 0.571. The number of benzene rings is 1. The number of rotatable bonds is 6. The lowest BCUT2D eigenvalue weighted by Gasteiger charge is -2.31. The Balaban J connectivity index is 2.97. The summed E-state index contributed by atoms with van der Waals surface area (Å²) in [5.41, 5.74) is 2.83. The Morgan fingerprint density at radius 3 is 2.31 bits per heavy atom. The Labute approximate surface area is 99.7 Å². The molecule has 0 aliphatic rings. The van der Waals surface area contributed by atoms with Gasteiger partial charge >= 0.3 is 0 Å². The first-order chi connectivity index (χ1) is 7.74. The third kappa shape index (κ3) is 3.06. The third-order valence-corrected chi connectivity index (χ3v) is 3.20. The maximum Gasteiger partial charge on any atom is 0.0474 e. The molecule has 0 bridgehead atoms. The van der Waals surface area contributed by atoms with E-state index in [2.05, 4.69) is 55.3 Å². The zero-order valence-electron chi connectivity index (χ0n) is 11.0. The molecular formula is C14H24N2. The Kier molecular flexibility index (Phi) is 5.50. The quantitative estimate of drug-likeness (QED) is 0.792. The maximum absolute atomic E-state index is 3.30. The Morgan fingerprint density at radius 2 is 1.81 bits per heavy atom. The van der Waals surface area contributed by atoms with Crippen molar-refractivity contribution in [1.29, 1.82) is 0 Å². The molecule has 1 N–H and O–H groups in total. The van der Waals surface area contributed by atoms with Crippen LogP contribution in [0, 0.1) is 6.92 Å². The Bertz CT molecular complexity index is 305. The summed E-state index contributed by atoms with van der Waals surface area (Å²) in [6.45, 7) is 9.84. The van der Waals surface area contributed by atoms with Gasteiger partial charge in [0.15, 0.2) is 0 Å². The van der Waals surface area contributed by atoms with Crippen molar-refractivity contribution in [3.8, 4) is 0 Å². The van der Waals surface area contributed by atoms with Gasteiger partial charge in [-0.25, -0.2) is 0 Å². The van der Waals surface area contributed by atoms with E-state index < -0.39 is 0 Å². The molecule has 2 nitrogen and oxygen atoms in total. The van der Waals surface area contributed by atoms with Gasteiger partial charge in [-0.15, -0.1) is 0 Å². The van der Waals surface area contributed by atoms with Gasteiger partial charge in [-0.3, -0.25) is 4.90 Å². The number of hydrogen-bond acceptors (Lipinski definition) is 2. The van der Waals surface area contributed by atoms with Crippen LogP contribution in [0.4, 0.5) is 0 Å². The van der Waals surface area contributed by atoms with Gasteiger partial charge in [-0.05, 0) is 38.2 Å². The lowest BCUT2D eigenvalue weighted by atomic mass is 10.00. The van der Waals surface area contributed by atoms with Crippen LogP contribution in [0.15, 0.2) is 24.3 Å². The maximum atomic E-state index is 3.30. The summed E-state index contributed by atoms with van der Waals surface area (Å²) in [5.74, 6) is 0. The van der Waals surface area contributed by atoms with Gasteiger partial charge in [-0.2, -0.15) is 0 Å². The lowest BCUT2D eigenvalue weighted by Crippen LogP contribution is -2.35. The number of hydrogen-bond donors (Lipinski definition) is 1. The minimum Gasteiger partial charge on any atom is -0.318 e. The van der Waals surface area contributed by atoms with Crippen LogP contribution in [0.1, 0.15) is 31.0 Å². The van der Waals surface area contributed by atoms with Crippen LogP contribution in [0.3, 0.4) is 0 Å². The molecule has 0 saturated heterocycles. The molecule has 0 spiro atoms. The molecule has 1 rings (SSSR count). The van der Waals surface area contributed by atoms with E-state index in [4.69, 9.17) is 0 Å². The van der Waals surface area contributed by atoms with E-state index in [0.717, 1.165) is 19.6 Å². The molecule has 0 aliphatic carbocycles. The number of nitrogens with zero attached hydrogens (tertiary/aromatic N) is 1. The van der Waals surface area contributed by atoms with Crippen LogP contribution >= 0.6 is 0 Å². The smallest absolute Gasteiger partial charge is 0.0474 e. The molecule has 90 valence electrons. The highest BCUT2D eigenvalue weighted by Crippen LogP contribution is 2.22. The first-order valence-electron chi connectivity index (χ1n) is 6.18. The molecule has 0 fully saturated rings. The predicted octanol–water partition coefficient (Wildman–Crippen LogP) is 2.60. The van der Waals surface area contributed by atoms with Crippen molar-refractivity contribution in [2.24, 2.45) is 0 Å². The average molecular weight is 220 g/mol. The minimum absolute atomic E-state index is 0.487. The number of nitrogens with one attached hydrogen (secondary N) is 1. The van der Waals surface area contributed by atoms with Crippen LogP contribution in [0.25, 0.3) is 0 Å². The molecule has 1 aromatic carbocycles. The molecule has 0 saturated carbocycles. The second kappa shape index (κ2) is 6.66. The van der Waals surface area contributed by atoms with Crippen LogP contribution in [-0.2, 0) is 0 Å². The number of aryl methyl sites for hydroxylation is 1. The van der Waals surface area contributed by atoms with Gasteiger partial charge in [0.1, 0.15) is 0 Å². The number of likely N-dealkylation sites (N-methyl/N-ethyl adjacent to an activating group) is 2. The summed E-state index contributed by atoms with van der Waals surface area (Å²) in [4.78, 5) is 2.50. The van der Waals surface area contributed by atoms with Gasteiger partial charge < -0.3 is 5.32 Å². The Hall–Kier alpha value is -0.860. The highest BCUT2D eigenvalue weighted by atomic mass is 15.2. The summed E-state index contributed by atoms with van der Waals surface area (Å²) >= 11 is 0. The van der Waals surface area contributed by atoms with Crippen molar-refractivity contribution < 1.29 is 0 Å². The van der Waals surface area contributed by atoms with Crippen molar-refractivity contribution >= 4 is 0 Å². The van der Waals surface area contributed by atoms with Gasteiger partial charge in [-0.1, -0.05) is 38.1 Å². The van der Waals surface area contributed by atoms with E-state index in [0.29, 0.717) is 6.04 Å². The van der Waals surface area contributed by atoms with Crippen molar-refractivity contribution in [2.75, 3.05) is 26.7 Å². The van der Waals surface area contributed by atoms with Crippen molar-refractivity contribution in [1.82, 2.24) is 10.2 Å². The third-order valence-electron chi connectivity index (χ3n) is 3.20. The molecule has 0 amide bonds. The van der Waals surface area contributed by atoms with Crippen LogP contribution < -0.4 is 5.32 Å². The second-order valence-electron chi connectivity index (χ2n) is 4.15. The largest absolute Gasteiger partial charge is 0.318 e. The fourth-order valence-corrected chi connectivity index (χ4v) is 2.25. The molecule has 1 atom stereocenters. The van der Waals surface area contributed by atoms with Gasteiger partial charge in [0.2, 0.25) is 0 Å². The molecule has 2 heteroatoms. The van der Waals surface area contributed by atoms with Gasteiger partial charge in [0.25, 0.3) is 0 Å². The van der Waals surface area contributed by atoms with E-state index >= 15 is 0 Å². The molecule has 0 radical (unpaired) electrons. The molecular weight excluding hydrogens is 196 g/mol. The van der Waals surface area contributed by atoms with Crippen LogP contribution in [0.2, 0.25) is 0 Å². The Morgan fingerprint density at radius 1 is 1.19 bits per heavy atom. The first kappa shape index (κ1) is 13.2. The van der Waals surface area contributed by atoms with Crippen LogP contribution in [-0.4, -0.2) is 31.6 Å². The molecule has 1 aromatic rings. The van der Waals surface area contributed by atoms with Crippen molar-refractivity contribution in [2.45, 2.75) is 26.8 Å². The van der Waals surface area contributed by atoms with Crippen molar-refractivity contribution in [3.63, 3.8) is 0 Å². The summed E-state index contributed by atoms with van der Waals surface area (Å²) in [7, 11) is 2.02. The molecule has 0 heterocycles. The molecule has 1 unspecified atom stereocenters. The SMILES string of the molecule is CCN(CC)C(CNC)c1ccccc1C. The van der Waals surface area contributed by atoms with E-state index in [-0.39, 0.29) is 0 Å². The predicted molar refractivity (Wildman–Crippen MR) is 70.8 cm³/mol. The topological polar surface area (TPSA) is 15.3 Å². The highest BCUT2D eigenvalue weighted by molar-refractivity contribution is 5.29. The van der Waals surface area contributed by atoms with E-state index in [9.17, 15) is 0 Å². The van der Waals surface area contributed by atoms with Crippen LogP contribution in [0.5, 0.6) is 0 Å². The summed E-state index contributed by atoms with van der Waals surface area (Å²) in [5, 5.41) is 3.30. The average Bonchev–Trinajstić information content (AvgIpc) is 2.30. The fourth-order valence-electron chi connectivity index (χ4n) is 2.25. The minimum atomic E-state index is 0.487. The highest BCUT2D eigenvalue weighted by Gasteiger charge is 2.18. The summed E-state index contributed by atoms with van der Waals surface area (Å²) in [6, 6.07) is 9.17. The van der Waals surface area contributed by atoms with E-state index in [1.54, 1.807) is 0 Å². The first-order valence-corrected chi connectivity index (χ1v) is 6.18. The normalized spacial score (nSPS) is 13.1. The van der Waals surface area contributed by atoms with Gasteiger partial charge in [0.05, 0.1) is 0 Å². The second-order valence-corrected chi connectivity index (χ2v) is 4.15. The molecule has 0 aliphatic heterocycles. The standard InChI is InChI=1S/C14H24N2/c1-5-16(6-2)14(11-15-4)13-10-8-7-9-12(13)3/h7-10,14-15H,5-6,11H2,1-4H3. The van der Waals surface area contributed by atoms with Crippen molar-refractivity contribution in [3.05, 3.63) is 35.4 Å².